The number of hydrogen-bond acceptors (Lipinski definition) is 5. The van der Waals surface area contributed by atoms with E-state index in [1.54, 1.807) is 28.9 Å². The van der Waals surface area contributed by atoms with E-state index in [9.17, 15) is 12.8 Å². The fourth-order valence-corrected chi connectivity index (χ4v) is 5.66. The number of sulfonamides is 1. The zero-order valence-corrected chi connectivity index (χ0v) is 22.8. The summed E-state index contributed by atoms with van der Waals surface area (Å²) in [6.07, 6.45) is 0.610. The molecule has 0 radical (unpaired) electrons. The SMILES string of the molecule is CCCN(Cc1c(C(C)C)nn(-c2ccccc2)c1Oc1cccc(F)c1)S(=O)(=O)c1ccc(OC)cc1. The number of rotatable bonds is 11. The summed E-state index contributed by atoms with van der Waals surface area (Å²) in [5.41, 5.74) is 2.07. The fourth-order valence-electron chi connectivity index (χ4n) is 4.16. The van der Waals surface area contributed by atoms with Gasteiger partial charge in [0.15, 0.2) is 0 Å². The van der Waals surface area contributed by atoms with E-state index in [0.29, 0.717) is 41.6 Å². The van der Waals surface area contributed by atoms with Crippen LogP contribution in [0.25, 0.3) is 5.69 Å². The molecule has 0 amide bonds. The van der Waals surface area contributed by atoms with Gasteiger partial charge in [-0.15, -0.1) is 0 Å². The number of nitrogens with zero attached hydrogens (tertiary/aromatic N) is 3. The number of para-hydroxylation sites is 1. The molecule has 0 N–H and O–H groups in total. The average Bonchev–Trinajstić information content (AvgIpc) is 3.27. The van der Waals surface area contributed by atoms with Gasteiger partial charge in [-0.05, 0) is 60.9 Å². The van der Waals surface area contributed by atoms with Crippen molar-refractivity contribution in [2.24, 2.45) is 0 Å². The van der Waals surface area contributed by atoms with Gasteiger partial charge in [0.05, 0.1) is 29.0 Å². The van der Waals surface area contributed by atoms with Crippen LogP contribution in [0.3, 0.4) is 0 Å². The van der Waals surface area contributed by atoms with Crippen LogP contribution in [0, 0.1) is 5.82 Å². The molecule has 0 fully saturated rings. The monoisotopic (exact) mass is 537 g/mol. The molecule has 7 nitrogen and oxygen atoms in total. The second kappa shape index (κ2) is 11.8. The molecule has 0 unspecified atom stereocenters. The largest absolute Gasteiger partial charge is 0.497 e. The Balaban J connectivity index is 1.85. The molecule has 0 saturated carbocycles. The third kappa shape index (κ3) is 5.89. The zero-order chi connectivity index (χ0) is 27.3. The summed E-state index contributed by atoms with van der Waals surface area (Å²) in [4.78, 5) is 0.167. The van der Waals surface area contributed by atoms with Crippen LogP contribution in [0.1, 0.15) is 44.4 Å². The Kier molecular flexibility index (Phi) is 8.48. The van der Waals surface area contributed by atoms with Crippen molar-refractivity contribution >= 4 is 10.0 Å². The van der Waals surface area contributed by atoms with E-state index in [0.717, 1.165) is 5.69 Å². The summed E-state index contributed by atoms with van der Waals surface area (Å²) in [6, 6.07) is 21.6. The lowest BCUT2D eigenvalue weighted by Crippen LogP contribution is -2.31. The number of ether oxygens (including phenoxy) is 2. The van der Waals surface area contributed by atoms with Gasteiger partial charge in [-0.25, -0.2) is 17.5 Å². The van der Waals surface area contributed by atoms with E-state index in [-0.39, 0.29) is 17.4 Å². The molecule has 0 aliphatic heterocycles. The minimum atomic E-state index is -3.86. The highest BCUT2D eigenvalue weighted by molar-refractivity contribution is 7.89. The number of methoxy groups -OCH3 is 1. The van der Waals surface area contributed by atoms with Crippen molar-refractivity contribution in [3.8, 4) is 23.1 Å². The lowest BCUT2D eigenvalue weighted by Gasteiger charge is -2.23. The van der Waals surface area contributed by atoms with Gasteiger partial charge in [0.2, 0.25) is 15.9 Å². The fraction of sp³-hybridized carbons (Fsp3) is 0.276. The van der Waals surface area contributed by atoms with E-state index in [2.05, 4.69) is 0 Å². The van der Waals surface area contributed by atoms with Crippen molar-refractivity contribution in [2.45, 2.75) is 44.6 Å². The van der Waals surface area contributed by atoms with Crippen molar-refractivity contribution in [2.75, 3.05) is 13.7 Å². The van der Waals surface area contributed by atoms with Gasteiger partial charge in [0.25, 0.3) is 0 Å². The summed E-state index contributed by atoms with van der Waals surface area (Å²) in [7, 11) is -2.32. The van der Waals surface area contributed by atoms with Gasteiger partial charge < -0.3 is 9.47 Å². The molecule has 0 aliphatic rings. The van der Waals surface area contributed by atoms with Gasteiger partial charge >= 0.3 is 0 Å². The van der Waals surface area contributed by atoms with Crippen molar-refractivity contribution in [1.29, 1.82) is 0 Å². The van der Waals surface area contributed by atoms with Crippen LogP contribution in [0.15, 0.2) is 83.8 Å². The van der Waals surface area contributed by atoms with Crippen LogP contribution in [0.2, 0.25) is 0 Å². The van der Waals surface area contributed by atoms with Crippen molar-refractivity contribution in [1.82, 2.24) is 14.1 Å². The normalized spacial score (nSPS) is 11.8. The van der Waals surface area contributed by atoms with Crippen LogP contribution in [-0.4, -0.2) is 36.2 Å². The molecule has 3 aromatic carbocycles. The molecule has 200 valence electrons. The van der Waals surface area contributed by atoms with E-state index in [4.69, 9.17) is 14.6 Å². The molecule has 0 aliphatic carbocycles. The van der Waals surface area contributed by atoms with Gasteiger partial charge in [-0.2, -0.15) is 9.40 Å². The van der Waals surface area contributed by atoms with Crippen LogP contribution < -0.4 is 9.47 Å². The molecule has 0 saturated heterocycles. The average molecular weight is 538 g/mol. The molecular formula is C29H32FN3O4S. The number of aromatic nitrogens is 2. The van der Waals surface area contributed by atoms with Crippen molar-refractivity contribution in [3.63, 3.8) is 0 Å². The molecule has 9 heteroatoms. The molecule has 0 atom stereocenters. The molecule has 0 bridgehead atoms. The second-order valence-electron chi connectivity index (χ2n) is 9.14. The maximum absolute atomic E-state index is 14.0. The first-order chi connectivity index (χ1) is 18.2. The molecule has 4 aromatic rings. The van der Waals surface area contributed by atoms with E-state index in [1.165, 1.54) is 35.7 Å². The Hall–Kier alpha value is -3.69. The standard InChI is InChI=1S/C29H32FN3O4S/c1-5-18-32(38(34,35)26-16-14-24(36-4)15-17-26)20-27-28(21(2)3)31-33(23-11-7-6-8-12-23)29(27)37-25-13-9-10-22(30)19-25/h6-17,19,21H,5,18,20H2,1-4H3. The molecule has 1 heterocycles. The minimum Gasteiger partial charge on any atom is -0.497 e. The maximum Gasteiger partial charge on any atom is 0.243 e. The Morgan fingerprint density at radius 1 is 0.974 bits per heavy atom. The van der Waals surface area contributed by atoms with E-state index in [1.807, 2.05) is 51.1 Å². The first kappa shape index (κ1) is 27.3. The third-order valence-corrected chi connectivity index (χ3v) is 7.89. The highest BCUT2D eigenvalue weighted by Crippen LogP contribution is 2.36. The first-order valence-corrected chi connectivity index (χ1v) is 13.9. The van der Waals surface area contributed by atoms with Gasteiger partial charge in [-0.1, -0.05) is 45.0 Å². The quantitative estimate of drug-likeness (QED) is 0.217. The summed E-state index contributed by atoms with van der Waals surface area (Å²) < 4.78 is 56.1. The van der Waals surface area contributed by atoms with Crippen LogP contribution in [-0.2, 0) is 16.6 Å². The highest BCUT2D eigenvalue weighted by Gasteiger charge is 2.30. The van der Waals surface area contributed by atoms with Crippen LogP contribution in [0.4, 0.5) is 4.39 Å². The van der Waals surface area contributed by atoms with E-state index < -0.39 is 15.8 Å². The molecular weight excluding hydrogens is 505 g/mol. The molecule has 4 rings (SSSR count). The Labute approximate surface area is 223 Å². The summed E-state index contributed by atoms with van der Waals surface area (Å²) in [5.74, 6) is 0.740. The number of benzene rings is 3. The predicted molar refractivity (Wildman–Crippen MR) is 145 cm³/mol. The zero-order valence-electron chi connectivity index (χ0n) is 22.0. The lowest BCUT2D eigenvalue weighted by molar-refractivity contribution is 0.387. The topological polar surface area (TPSA) is 73.7 Å². The summed E-state index contributed by atoms with van der Waals surface area (Å²) in [6.45, 7) is 6.25. The summed E-state index contributed by atoms with van der Waals surface area (Å²) >= 11 is 0. The maximum atomic E-state index is 14.0. The first-order valence-electron chi connectivity index (χ1n) is 12.5. The molecule has 1 aromatic heterocycles. The lowest BCUT2D eigenvalue weighted by atomic mass is 10.1. The predicted octanol–water partition coefficient (Wildman–Crippen LogP) is 6.54. The third-order valence-electron chi connectivity index (χ3n) is 6.03. The molecule has 38 heavy (non-hydrogen) atoms. The highest BCUT2D eigenvalue weighted by atomic mass is 32.2. The number of hydrogen-bond donors (Lipinski definition) is 0. The van der Waals surface area contributed by atoms with Crippen LogP contribution in [0.5, 0.6) is 17.4 Å². The van der Waals surface area contributed by atoms with Gasteiger partial charge in [0, 0.05) is 19.2 Å². The van der Waals surface area contributed by atoms with Gasteiger partial charge in [0.1, 0.15) is 17.3 Å². The van der Waals surface area contributed by atoms with E-state index >= 15 is 0 Å². The minimum absolute atomic E-state index is 0.0306. The Bertz CT molecular complexity index is 1470. The number of halogens is 1. The Morgan fingerprint density at radius 3 is 2.29 bits per heavy atom. The molecule has 0 spiro atoms. The summed E-state index contributed by atoms with van der Waals surface area (Å²) in [5, 5.41) is 4.85. The van der Waals surface area contributed by atoms with Gasteiger partial charge in [-0.3, -0.25) is 0 Å². The van der Waals surface area contributed by atoms with Crippen LogP contribution >= 0.6 is 0 Å². The Morgan fingerprint density at radius 2 is 1.68 bits per heavy atom. The van der Waals surface area contributed by atoms with Crippen molar-refractivity contribution in [3.05, 3.63) is 95.9 Å². The smallest absolute Gasteiger partial charge is 0.243 e. The second-order valence-corrected chi connectivity index (χ2v) is 11.1. The van der Waals surface area contributed by atoms with Crippen molar-refractivity contribution < 1.29 is 22.3 Å².